The van der Waals surface area contributed by atoms with Gasteiger partial charge < -0.3 is 5.11 Å². The third kappa shape index (κ3) is 3.80. The number of hydrogen-bond acceptors (Lipinski definition) is 5. The van der Waals surface area contributed by atoms with Crippen LogP contribution < -0.4 is 0 Å². The summed E-state index contributed by atoms with van der Waals surface area (Å²) >= 11 is 1.43. The number of carbonyl (C=O) groups is 1. The lowest BCUT2D eigenvalue weighted by molar-refractivity contribution is -0.138. The van der Waals surface area contributed by atoms with E-state index in [1.165, 1.54) is 22.0 Å². The molecule has 0 spiro atoms. The third-order valence-corrected chi connectivity index (χ3v) is 3.83. The molecule has 0 bridgehead atoms. The van der Waals surface area contributed by atoms with Crippen LogP contribution in [0.2, 0.25) is 0 Å². The van der Waals surface area contributed by atoms with Crippen molar-refractivity contribution < 1.29 is 9.90 Å². The van der Waals surface area contributed by atoms with E-state index in [0.717, 1.165) is 5.56 Å². The highest BCUT2D eigenvalue weighted by Gasteiger charge is 2.10. The Morgan fingerprint density at radius 3 is 2.65 bits per heavy atom. The number of hydrogen-bond donors (Lipinski definition) is 1. The van der Waals surface area contributed by atoms with Gasteiger partial charge in [0.1, 0.15) is 6.54 Å². The first-order valence-corrected chi connectivity index (χ1v) is 7.24. The molecule has 0 aliphatic carbocycles. The molecule has 2 rings (SSSR count). The van der Waals surface area contributed by atoms with Crippen molar-refractivity contribution in [3.05, 3.63) is 35.4 Å². The smallest absolute Gasteiger partial charge is 0.325 e. The first kappa shape index (κ1) is 14.5. The quantitative estimate of drug-likeness (QED) is 0.822. The fourth-order valence-corrected chi connectivity index (χ4v) is 2.51. The van der Waals surface area contributed by atoms with E-state index < -0.39 is 5.97 Å². The van der Waals surface area contributed by atoms with Crippen molar-refractivity contribution >= 4 is 17.7 Å². The highest BCUT2D eigenvalue weighted by Crippen LogP contribution is 2.21. The molecule has 0 atom stereocenters. The molecule has 1 aromatic heterocycles. The molecule has 1 heterocycles. The maximum atomic E-state index is 10.7. The Hall–Kier alpha value is -1.89. The van der Waals surface area contributed by atoms with E-state index in [1.54, 1.807) is 0 Å². The van der Waals surface area contributed by atoms with E-state index in [-0.39, 0.29) is 6.54 Å². The molecular weight excluding hydrogens is 276 g/mol. The van der Waals surface area contributed by atoms with Gasteiger partial charge in [-0.2, -0.15) is 0 Å². The summed E-state index contributed by atoms with van der Waals surface area (Å²) in [5.41, 5.74) is 2.46. The molecule has 0 aliphatic heterocycles. The molecule has 1 aromatic carbocycles. The van der Waals surface area contributed by atoms with Crippen LogP contribution in [0.15, 0.2) is 29.4 Å². The van der Waals surface area contributed by atoms with Gasteiger partial charge in [-0.15, -0.1) is 5.10 Å². The van der Waals surface area contributed by atoms with E-state index in [1.807, 2.05) is 0 Å². The topological polar surface area (TPSA) is 80.9 Å². The van der Waals surface area contributed by atoms with Crippen LogP contribution >= 0.6 is 11.8 Å². The first-order chi connectivity index (χ1) is 9.56. The Labute approximate surface area is 121 Å². The molecule has 0 radical (unpaired) electrons. The molecule has 6 nitrogen and oxygen atoms in total. The zero-order valence-electron chi connectivity index (χ0n) is 11.4. The number of aromatic nitrogens is 4. The molecule has 1 N–H and O–H groups in total. The van der Waals surface area contributed by atoms with Gasteiger partial charge in [-0.1, -0.05) is 49.9 Å². The molecule has 106 valence electrons. The predicted octanol–water partition coefficient (Wildman–Crippen LogP) is 2.17. The SMILES string of the molecule is CC(C)c1ccc(CSc2nnnn2CC(=O)O)cc1. The van der Waals surface area contributed by atoms with Crippen LogP contribution in [0, 0.1) is 0 Å². The lowest BCUT2D eigenvalue weighted by Gasteiger charge is -2.06. The van der Waals surface area contributed by atoms with Crippen LogP contribution in [0.25, 0.3) is 0 Å². The molecule has 7 heteroatoms. The summed E-state index contributed by atoms with van der Waals surface area (Å²) in [4.78, 5) is 10.7. The molecule has 0 aliphatic rings. The standard InChI is InChI=1S/C13H16N4O2S/c1-9(2)11-5-3-10(4-6-11)8-20-13-14-15-16-17(13)7-12(18)19/h3-6,9H,7-8H2,1-2H3,(H,18,19). The van der Waals surface area contributed by atoms with Gasteiger partial charge in [0.05, 0.1) is 0 Å². The molecular formula is C13H16N4O2S. The predicted molar refractivity (Wildman–Crippen MR) is 75.5 cm³/mol. The van der Waals surface area contributed by atoms with E-state index in [2.05, 4.69) is 53.6 Å². The van der Waals surface area contributed by atoms with E-state index >= 15 is 0 Å². The van der Waals surface area contributed by atoms with Crippen LogP contribution in [0.1, 0.15) is 30.9 Å². The minimum atomic E-state index is -0.958. The molecule has 0 saturated carbocycles. The second-order valence-corrected chi connectivity index (χ2v) is 5.64. The zero-order chi connectivity index (χ0) is 14.5. The number of nitrogens with zero attached hydrogens (tertiary/aromatic N) is 4. The Bertz CT molecular complexity index is 580. The van der Waals surface area contributed by atoms with Crippen LogP contribution in [0.3, 0.4) is 0 Å². The number of carboxylic acid groups (broad SMARTS) is 1. The van der Waals surface area contributed by atoms with Crippen LogP contribution in [0.4, 0.5) is 0 Å². The van der Waals surface area contributed by atoms with Crippen LogP contribution in [-0.4, -0.2) is 31.3 Å². The highest BCUT2D eigenvalue weighted by molar-refractivity contribution is 7.98. The van der Waals surface area contributed by atoms with Crippen molar-refractivity contribution in [1.29, 1.82) is 0 Å². The lowest BCUT2D eigenvalue weighted by atomic mass is 10.0. The summed E-state index contributed by atoms with van der Waals surface area (Å²) in [5.74, 6) is 0.262. The lowest BCUT2D eigenvalue weighted by Crippen LogP contribution is -2.11. The van der Waals surface area contributed by atoms with Gasteiger partial charge in [-0.05, 0) is 27.5 Å². The maximum absolute atomic E-state index is 10.7. The fourth-order valence-electron chi connectivity index (χ4n) is 1.67. The average molecular weight is 292 g/mol. The summed E-state index contributed by atoms with van der Waals surface area (Å²) in [6.07, 6.45) is 0. The van der Waals surface area contributed by atoms with Gasteiger partial charge >= 0.3 is 5.97 Å². The average Bonchev–Trinajstić information content (AvgIpc) is 2.83. The second kappa shape index (κ2) is 6.51. The van der Waals surface area contributed by atoms with Crippen LogP contribution in [0.5, 0.6) is 0 Å². The van der Waals surface area contributed by atoms with Crippen molar-refractivity contribution in [3.63, 3.8) is 0 Å². The van der Waals surface area contributed by atoms with Crippen molar-refractivity contribution in [1.82, 2.24) is 20.2 Å². The maximum Gasteiger partial charge on any atom is 0.325 e. The number of benzene rings is 1. The molecule has 0 amide bonds. The Morgan fingerprint density at radius 2 is 2.05 bits per heavy atom. The molecule has 0 saturated heterocycles. The minimum absolute atomic E-state index is 0.221. The van der Waals surface area contributed by atoms with Crippen molar-refractivity contribution in [2.24, 2.45) is 0 Å². The molecule has 0 fully saturated rings. The van der Waals surface area contributed by atoms with E-state index in [9.17, 15) is 4.79 Å². The Kier molecular flexibility index (Phi) is 4.73. The van der Waals surface area contributed by atoms with Gasteiger partial charge in [-0.3, -0.25) is 4.79 Å². The second-order valence-electron chi connectivity index (χ2n) is 4.70. The molecule has 0 unspecified atom stereocenters. The Balaban J connectivity index is 1.98. The largest absolute Gasteiger partial charge is 0.480 e. The summed E-state index contributed by atoms with van der Waals surface area (Å²) in [6.45, 7) is 4.09. The van der Waals surface area contributed by atoms with Crippen molar-refractivity contribution in [2.75, 3.05) is 0 Å². The first-order valence-electron chi connectivity index (χ1n) is 6.26. The number of carboxylic acids is 1. The van der Waals surface area contributed by atoms with E-state index in [4.69, 9.17) is 5.11 Å². The van der Waals surface area contributed by atoms with Crippen molar-refractivity contribution in [2.45, 2.75) is 37.2 Å². The molecule has 20 heavy (non-hydrogen) atoms. The van der Waals surface area contributed by atoms with Gasteiger partial charge in [0, 0.05) is 5.75 Å². The van der Waals surface area contributed by atoms with Gasteiger partial charge in [-0.25, -0.2) is 4.68 Å². The number of aliphatic carboxylic acids is 1. The van der Waals surface area contributed by atoms with Gasteiger partial charge in [0.2, 0.25) is 5.16 Å². The minimum Gasteiger partial charge on any atom is -0.480 e. The number of thioether (sulfide) groups is 1. The summed E-state index contributed by atoms with van der Waals surface area (Å²) in [7, 11) is 0. The van der Waals surface area contributed by atoms with E-state index in [0.29, 0.717) is 16.8 Å². The third-order valence-electron chi connectivity index (χ3n) is 2.80. The Morgan fingerprint density at radius 1 is 1.35 bits per heavy atom. The normalized spacial score (nSPS) is 10.9. The number of tetrazole rings is 1. The van der Waals surface area contributed by atoms with Crippen LogP contribution in [-0.2, 0) is 17.1 Å². The highest BCUT2D eigenvalue weighted by atomic mass is 32.2. The monoisotopic (exact) mass is 292 g/mol. The summed E-state index contributed by atoms with van der Waals surface area (Å²) < 4.78 is 1.29. The molecule has 2 aromatic rings. The summed E-state index contributed by atoms with van der Waals surface area (Å²) in [6, 6.07) is 8.38. The summed E-state index contributed by atoms with van der Waals surface area (Å²) in [5, 5.41) is 20.3. The number of rotatable bonds is 6. The van der Waals surface area contributed by atoms with Gasteiger partial charge in [0.25, 0.3) is 0 Å². The zero-order valence-corrected chi connectivity index (χ0v) is 12.2. The van der Waals surface area contributed by atoms with Gasteiger partial charge in [0.15, 0.2) is 0 Å². The fraction of sp³-hybridized carbons (Fsp3) is 0.385. The van der Waals surface area contributed by atoms with Crippen molar-refractivity contribution in [3.8, 4) is 0 Å².